The van der Waals surface area contributed by atoms with Crippen LogP contribution in [-0.4, -0.2) is 44.9 Å². The first-order valence-corrected chi connectivity index (χ1v) is 11.6. The van der Waals surface area contributed by atoms with Crippen LogP contribution in [0.2, 0.25) is 0 Å². The Labute approximate surface area is 210 Å². The van der Waals surface area contributed by atoms with Gasteiger partial charge in [0.2, 0.25) is 5.76 Å². The first kappa shape index (κ1) is 26.1. The summed E-state index contributed by atoms with van der Waals surface area (Å²) in [5.41, 5.74) is 6.08. The second kappa shape index (κ2) is 10.5. The molecule has 4 rings (SSSR count). The van der Waals surface area contributed by atoms with E-state index in [9.17, 15) is 22.8 Å². The number of nitrogens with zero attached hydrogens (tertiary/aromatic N) is 4. The number of likely N-dealkylation sites (tertiary alicyclic amines) is 1. The fourth-order valence-electron chi connectivity index (χ4n) is 4.08. The van der Waals surface area contributed by atoms with Crippen LogP contribution in [0.15, 0.2) is 35.1 Å². The van der Waals surface area contributed by atoms with E-state index >= 15 is 0 Å². The molecule has 13 heteroatoms. The number of hydrogen-bond donors (Lipinski definition) is 3. The number of nitrogens with one attached hydrogen (secondary N) is 2. The van der Waals surface area contributed by atoms with E-state index in [1.54, 1.807) is 6.92 Å². The third-order valence-electron chi connectivity index (χ3n) is 6.12. The molecule has 2 amide bonds. The number of amides is 2. The molecule has 1 fully saturated rings. The molecule has 0 aliphatic carbocycles. The molecule has 1 saturated heterocycles. The zero-order valence-electron chi connectivity index (χ0n) is 20.2. The molecule has 3 heterocycles. The Hall–Kier alpha value is -4.00. The molecular formula is C24H26F3N7O3. The van der Waals surface area contributed by atoms with E-state index in [0.717, 1.165) is 32.0 Å². The van der Waals surface area contributed by atoms with Gasteiger partial charge in [-0.05, 0) is 57.5 Å². The summed E-state index contributed by atoms with van der Waals surface area (Å²) >= 11 is 0. The maximum atomic E-state index is 13.2. The van der Waals surface area contributed by atoms with Gasteiger partial charge in [-0.3, -0.25) is 14.5 Å². The van der Waals surface area contributed by atoms with Gasteiger partial charge in [-0.2, -0.15) is 13.2 Å². The first-order chi connectivity index (χ1) is 17.5. The molecule has 1 aromatic carbocycles. The van der Waals surface area contributed by atoms with E-state index in [4.69, 9.17) is 10.3 Å². The lowest BCUT2D eigenvalue weighted by Crippen LogP contribution is -2.30. The van der Waals surface area contributed by atoms with Gasteiger partial charge in [0.1, 0.15) is 23.5 Å². The average Bonchev–Trinajstić information content (AvgIpc) is 3.53. The number of carbonyl (C=O) groups excluding carboxylic acids is 2. The molecule has 10 nitrogen and oxygen atoms in total. The van der Waals surface area contributed by atoms with E-state index in [2.05, 4.69) is 30.7 Å². The number of halogens is 3. The van der Waals surface area contributed by atoms with Crippen molar-refractivity contribution >= 4 is 23.3 Å². The summed E-state index contributed by atoms with van der Waals surface area (Å²) in [6, 6.07) is 4.10. The monoisotopic (exact) mass is 517 g/mol. The summed E-state index contributed by atoms with van der Waals surface area (Å²) in [7, 11) is 0. The minimum absolute atomic E-state index is 0.0334. The zero-order valence-corrected chi connectivity index (χ0v) is 20.2. The summed E-state index contributed by atoms with van der Waals surface area (Å²) in [5.74, 6) is -1.29. The van der Waals surface area contributed by atoms with Crippen LogP contribution in [0.5, 0.6) is 0 Å². The summed E-state index contributed by atoms with van der Waals surface area (Å²) in [4.78, 5) is 35.8. The predicted octanol–water partition coefficient (Wildman–Crippen LogP) is 3.71. The van der Waals surface area contributed by atoms with E-state index in [-0.39, 0.29) is 34.2 Å². The lowest BCUT2D eigenvalue weighted by Gasteiger charge is -2.18. The van der Waals surface area contributed by atoms with Crippen molar-refractivity contribution in [2.45, 2.75) is 45.5 Å². The van der Waals surface area contributed by atoms with Crippen molar-refractivity contribution in [3.8, 4) is 0 Å². The molecule has 0 saturated carbocycles. The second-order valence-corrected chi connectivity index (χ2v) is 8.86. The molecule has 3 aromatic rings. The molecule has 0 spiro atoms. The summed E-state index contributed by atoms with van der Waals surface area (Å²) in [6.45, 7) is 5.22. The minimum Gasteiger partial charge on any atom is -0.383 e. The number of nitrogens with two attached hydrogens (primary N) is 1. The predicted molar refractivity (Wildman–Crippen MR) is 127 cm³/mol. The first-order valence-electron chi connectivity index (χ1n) is 11.6. The smallest absolute Gasteiger partial charge is 0.383 e. The van der Waals surface area contributed by atoms with Crippen LogP contribution in [0.4, 0.5) is 24.7 Å². The lowest BCUT2D eigenvalue weighted by molar-refractivity contribution is -0.138. The van der Waals surface area contributed by atoms with E-state index in [1.165, 1.54) is 31.5 Å². The molecular weight excluding hydrogens is 491 g/mol. The van der Waals surface area contributed by atoms with Gasteiger partial charge in [-0.1, -0.05) is 11.2 Å². The number of carbonyl (C=O) groups is 2. The maximum Gasteiger partial charge on any atom is 0.416 e. The molecule has 4 N–H and O–H groups in total. The van der Waals surface area contributed by atoms with Crippen LogP contribution >= 0.6 is 0 Å². The molecule has 2 aromatic heterocycles. The molecule has 196 valence electrons. The molecule has 0 bridgehead atoms. The lowest BCUT2D eigenvalue weighted by atomic mass is 10.1. The fraction of sp³-hybridized carbons (Fsp3) is 0.375. The largest absolute Gasteiger partial charge is 0.416 e. The van der Waals surface area contributed by atoms with Crippen molar-refractivity contribution < 1.29 is 27.3 Å². The van der Waals surface area contributed by atoms with Crippen molar-refractivity contribution in [2.75, 3.05) is 24.1 Å². The summed E-state index contributed by atoms with van der Waals surface area (Å²) in [6.07, 6.45) is -1.19. The number of hydrogen-bond acceptors (Lipinski definition) is 8. The number of nitrogen functional groups attached to an aromatic ring is 1. The van der Waals surface area contributed by atoms with Crippen LogP contribution in [0, 0.1) is 6.92 Å². The van der Waals surface area contributed by atoms with Gasteiger partial charge >= 0.3 is 6.18 Å². The number of alkyl halides is 3. The van der Waals surface area contributed by atoms with Gasteiger partial charge in [-0.25, -0.2) is 9.97 Å². The van der Waals surface area contributed by atoms with Crippen LogP contribution < -0.4 is 16.4 Å². The summed E-state index contributed by atoms with van der Waals surface area (Å²) in [5, 5.41) is 8.95. The SMILES string of the molecule is Cc1ccc(NC(=O)c2cc([C@H](C)NC(=O)c3ncnc(N)c3CN3CCCC3)no2)cc1C(F)(F)F. The molecule has 37 heavy (non-hydrogen) atoms. The molecule has 1 atom stereocenters. The maximum absolute atomic E-state index is 13.2. The molecule has 0 unspecified atom stereocenters. The van der Waals surface area contributed by atoms with Crippen LogP contribution in [0.3, 0.4) is 0 Å². The minimum atomic E-state index is -4.56. The van der Waals surface area contributed by atoms with Crippen molar-refractivity contribution in [2.24, 2.45) is 0 Å². The molecule has 1 aliphatic heterocycles. The van der Waals surface area contributed by atoms with E-state index < -0.39 is 29.6 Å². The van der Waals surface area contributed by atoms with Gasteiger partial charge in [0.15, 0.2) is 0 Å². The van der Waals surface area contributed by atoms with Gasteiger partial charge in [0.25, 0.3) is 11.8 Å². The normalized spacial score (nSPS) is 14.9. The highest BCUT2D eigenvalue weighted by Crippen LogP contribution is 2.33. The Morgan fingerprint density at radius 3 is 2.59 bits per heavy atom. The molecule has 1 aliphatic rings. The standard InChI is InChI=1S/C24H26F3N7O3/c1-13-5-6-15(9-17(13)24(25,26)27)32-22(35)19-10-18(33-37-19)14(2)31-23(36)20-16(21(28)30-12-29-20)11-34-7-3-4-8-34/h5-6,9-10,12,14H,3-4,7-8,11H2,1-2H3,(H,31,36)(H,32,35)(H2,28,29,30)/t14-/m0/s1. The third kappa shape index (κ3) is 6.05. The van der Waals surface area contributed by atoms with E-state index in [0.29, 0.717) is 12.1 Å². The fourth-order valence-corrected chi connectivity index (χ4v) is 4.08. The van der Waals surface area contributed by atoms with Crippen molar-refractivity contribution in [3.63, 3.8) is 0 Å². The van der Waals surface area contributed by atoms with Gasteiger partial charge in [-0.15, -0.1) is 0 Å². The third-order valence-corrected chi connectivity index (χ3v) is 6.12. The number of rotatable bonds is 7. The summed E-state index contributed by atoms with van der Waals surface area (Å²) < 4.78 is 44.6. The Kier molecular flexibility index (Phi) is 7.43. The van der Waals surface area contributed by atoms with E-state index in [1.807, 2.05) is 0 Å². The second-order valence-electron chi connectivity index (χ2n) is 8.86. The van der Waals surface area contributed by atoms with Crippen LogP contribution in [-0.2, 0) is 12.7 Å². The van der Waals surface area contributed by atoms with Crippen molar-refractivity contribution in [3.05, 3.63) is 64.4 Å². The zero-order chi connectivity index (χ0) is 26.7. The number of anilines is 2. The van der Waals surface area contributed by atoms with Gasteiger partial charge < -0.3 is 20.9 Å². The average molecular weight is 518 g/mol. The number of aromatic nitrogens is 3. The highest BCUT2D eigenvalue weighted by Gasteiger charge is 2.32. The Balaban J connectivity index is 1.44. The highest BCUT2D eigenvalue weighted by atomic mass is 19.4. The van der Waals surface area contributed by atoms with Crippen molar-refractivity contribution in [1.82, 2.24) is 25.3 Å². The van der Waals surface area contributed by atoms with Gasteiger partial charge in [0, 0.05) is 23.9 Å². The highest BCUT2D eigenvalue weighted by molar-refractivity contribution is 6.02. The topological polar surface area (TPSA) is 139 Å². The van der Waals surface area contributed by atoms with Gasteiger partial charge in [0.05, 0.1) is 11.6 Å². The van der Waals surface area contributed by atoms with Crippen LogP contribution in [0.25, 0.3) is 0 Å². The Bertz CT molecular complexity index is 1300. The number of benzene rings is 1. The quantitative estimate of drug-likeness (QED) is 0.431. The van der Waals surface area contributed by atoms with Crippen LogP contribution in [0.1, 0.15) is 69.2 Å². The Morgan fingerprint density at radius 1 is 1.16 bits per heavy atom. The molecule has 0 radical (unpaired) electrons. The van der Waals surface area contributed by atoms with Crippen molar-refractivity contribution in [1.29, 1.82) is 0 Å². The number of aryl methyl sites for hydroxylation is 1. The Morgan fingerprint density at radius 2 is 1.89 bits per heavy atom.